The molecule has 10 heteroatoms. The summed E-state index contributed by atoms with van der Waals surface area (Å²) in [4.78, 5) is 32.9. The lowest BCUT2D eigenvalue weighted by molar-refractivity contribution is -0.385. The van der Waals surface area contributed by atoms with Crippen molar-refractivity contribution in [2.24, 2.45) is 5.10 Å². The van der Waals surface area contributed by atoms with Gasteiger partial charge in [-0.05, 0) is 30.3 Å². The summed E-state index contributed by atoms with van der Waals surface area (Å²) in [5.41, 5.74) is 3.36. The Morgan fingerprint density at radius 1 is 0.935 bits per heavy atom. The fourth-order valence-corrected chi connectivity index (χ4v) is 2.64. The van der Waals surface area contributed by atoms with Crippen molar-refractivity contribution in [3.63, 3.8) is 0 Å². The first-order valence-corrected chi connectivity index (χ1v) is 8.97. The molecule has 0 atom stereocenters. The Bertz CT molecular complexity index is 1140. The number of hydrogen-bond acceptors (Lipinski definition) is 7. The van der Waals surface area contributed by atoms with Crippen LogP contribution in [0.3, 0.4) is 0 Å². The highest BCUT2D eigenvalue weighted by Crippen LogP contribution is 2.22. The molecule has 0 heterocycles. The quantitative estimate of drug-likeness (QED) is 0.334. The van der Waals surface area contributed by atoms with Gasteiger partial charge in [-0.3, -0.25) is 25.0 Å². The molecule has 0 aliphatic carbocycles. The van der Waals surface area contributed by atoms with Crippen LogP contribution in [0.25, 0.3) is 0 Å². The van der Waals surface area contributed by atoms with Crippen molar-refractivity contribution in [1.82, 2.24) is 5.43 Å². The standard InChI is InChI=1S/C21H16N4O6/c26-21(15-9-11-18(12-10-15)24(27)28)23-22-13-16-5-2-4-8-20(16)31-14-17-6-1-3-7-19(17)25(29)30/h1-13H,14H2,(H,23,26). The van der Waals surface area contributed by atoms with E-state index in [1.54, 1.807) is 42.5 Å². The van der Waals surface area contributed by atoms with Crippen LogP contribution >= 0.6 is 0 Å². The van der Waals surface area contributed by atoms with Gasteiger partial charge in [-0.1, -0.05) is 24.3 Å². The maximum absolute atomic E-state index is 12.1. The van der Waals surface area contributed by atoms with Gasteiger partial charge in [0.1, 0.15) is 12.4 Å². The molecule has 156 valence electrons. The maximum Gasteiger partial charge on any atom is 0.276 e. The topological polar surface area (TPSA) is 137 Å². The Hall–Kier alpha value is -4.60. The van der Waals surface area contributed by atoms with E-state index in [0.29, 0.717) is 16.9 Å². The van der Waals surface area contributed by atoms with Crippen LogP contribution in [0.4, 0.5) is 11.4 Å². The number of non-ortho nitro benzene ring substituents is 1. The Kier molecular flexibility index (Phi) is 6.64. The minimum atomic E-state index is -0.555. The van der Waals surface area contributed by atoms with E-state index in [1.807, 2.05) is 0 Å². The highest BCUT2D eigenvalue weighted by atomic mass is 16.6. The summed E-state index contributed by atoms with van der Waals surface area (Å²) >= 11 is 0. The van der Waals surface area contributed by atoms with Crippen LogP contribution in [0.1, 0.15) is 21.5 Å². The van der Waals surface area contributed by atoms with Crippen LogP contribution in [-0.4, -0.2) is 22.0 Å². The monoisotopic (exact) mass is 420 g/mol. The van der Waals surface area contributed by atoms with Gasteiger partial charge in [-0.2, -0.15) is 5.10 Å². The van der Waals surface area contributed by atoms with Crippen molar-refractivity contribution in [3.05, 3.63) is 110 Å². The fourth-order valence-electron chi connectivity index (χ4n) is 2.64. The Balaban J connectivity index is 1.66. The number of carbonyl (C=O) groups is 1. The number of hydrazone groups is 1. The first-order chi connectivity index (χ1) is 15.0. The lowest BCUT2D eigenvalue weighted by Crippen LogP contribution is -2.17. The van der Waals surface area contributed by atoms with Crippen LogP contribution in [0.5, 0.6) is 5.75 Å². The molecular weight excluding hydrogens is 404 g/mol. The zero-order valence-electron chi connectivity index (χ0n) is 16.0. The number of para-hydroxylation sites is 2. The highest BCUT2D eigenvalue weighted by molar-refractivity contribution is 5.95. The summed E-state index contributed by atoms with van der Waals surface area (Å²) in [5, 5.41) is 25.7. The van der Waals surface area contributed by atoms with Gasteiger partial charge >= 0.3 is 0 Å². The van der Waals surface area contributed by atoms with E-state index in [9.17, 15) is 25.0 Å². The molecule has 10 nitrogen and oxygen atoms in total. The number of ether oxygens (including phenoxy) is 1. The van der Waals surface area contributed by atoms with Gasteiger partial charge in [0.15, 0.2) is 0 Å². The molecule has 0 aromatic heterocycles. The number of rotatable bonds is 8. The van der Waals surface area contributed by atoms with Crippen molar-refractivity contribution >= 4 is 23.5 Å². The normalized spacial score (nSPS) is 10.6. The predicted octanol–water partition coefficient (Wildman–Crippen LogP) is 3.85. The summed E-state index contributed by atoms with van der Waals surface area (Å²) in [6, 6.07) is 18.2. The van der Waals surface area contributed by atoms with Crippen LogP contribution < -0.4 is 10.2 Å². The molecule has 0 fully saturated rings. The van der Waals surface area contributed by atoms with Crippen LogP contribution in [0, 0.1) is 20.2 Å². The van der Waals surface area contributed by atoms with Crippen molar-refractivity contribution in [2.45, 2.75) is 6.61 Å². The number of amides is 1. The zero-order valence-corrected chi connectivity index (χ0v) is 16.0. The van der Waals surface area contributed by atoms with E-state index in [1.165, 1.54) is 36.5 Å². The molecule has 0 bridgehead atoms. The molecule has 0 aliphatic rings. The van der Waals surface area contributed by atoms with Gasteiger partial charge in [0.2, 0.25) is 0 Å². The second-order valence-corrected chi connectivity index (χ2v) is 6.22. The Labute approximate surface area is 176 Å². The highest BCUT2D eigenvalue weighted by Gasteiger charge is 2.13. The van der Waals surface area contributed by atoms with Crippen LogP contribution in [0.2, 0.25) is 0 Å². The fraction of sp³-hybridized carbons (Fsp3) is 0.0476. The molecule has 0 radical (unpaired) electrons. The van der Waals surface area contributed by atoms with E-state index >= 15 is 0 Å². The third kappa shape index (κ3) is 5.48. The molecule has 0 unspecified atom stereocenters. The molecule has 3 aromatic carbocycles. The SMILES string of the molecule is O=C(NN=Cc1ccccc1OCc1ccccc1[N+](=O)[O-])c1ccc([N+](=O)[O-])cc1. The van der Waals surface area contributed by atoms with Crippen molar-refractivity contribution < 1.29 is 19.4 Å². The van der Waals surface area contributed by atoms with E-state index < -0.39 is 15.8 Å². The summed E-state index contributed by atoms with van der Waals surface area (Å²) in [6.07, 6.45) is 1.37. The zero-order chi connectivity index (χ0) is 22.2. The minimum Gasteiger partial charge on any atom is -0.488 e. The minimum absolute atomic E-state index is 0.0167. The maximum atomic E-state index is 12.1. The Morgan fingerprint density at radius 3 is 2.32 bits per heavy atom. The van der Waals surface area contributed by atoms with Crippen LogP contribution in [0.15, 0.2) is 77.9 Å². The van der Waals surface area contributed by atoms with Gasteiger partial charge in [0.05, 0.1) is 21.6 Å². The summed E-state index contributed by atoms with van der Waals surface area (Å²) < 4.78 is 5.72. The van der Waals surface area contributed by atoms with Crippen molar-refractivity contribution in [1.29, 1.82) is 0 Å². The summed E-state index contributed by atoms with van der Waals surface area (Å²) in [6.45, 7) is -0.0167. The molecule has 0 saturated carbocycles. The average Bonchev–Trinajstić information content (AvgIpc) is 2.78. The molecular formula is C21H16N4O6. The van der Waals surface area contributed by atoms with Gasteiger partial charge < -0.3 is 4.74 Å². The number of carbonyl (C=O) groups excluding carboxylic acids is 1. The molecule has 31 heavy (non-hydrogen) atoms. The molecule has 1 amide bonds. The van der Waals surface area contributed by atoms with Gasteiger partial charge in [0, 0.05) is 29.3 Å². The molecule has 0 spiro atoms. The Morgan fingerprint density at radius 2 is 1.61 bits per heavy atom. The van der Waals surface area contributed by atoms with Gasteiger partial charge in [0.25, 0.3) is 17.3 Å². The number of nitro groups is 2. The first-order valence-electron chi connectivity index (χ1n) is 8.97. The largest absolute Gasteiger partial charge is 0.488 e. The average molecular weight is 420 g/mol. The van der Waals surface area contributed by atoms with Gasteiger partial charge in [-0.15, -0.1) is 0 Å². The molecule has 0 aliphatic heterocycles. The van der Waals surface area contributed by atoms with Crippen molar-refractivity contribution in [3.8, 4) is 5.75 Å². The number of nitro benzene ring substituents is 2. The van der Waals surface area contributed by atoms with Crippen molar-refractivity contribution in [2.75, 3.05) is 0 Å². The summed E-state index contributed by atoms with van der Waals surface area (Å²) in [5.74, 6) is -0.113. The third-order valence-electron chi connectivity index (χ3n) is 4.20. The second kappa shape index (κ2) is 9.74. The van der Waals surface area contributed by atoms with Gasteiger partial charge in [-0.25, -0.2) is 5.43 Å². The van der Waals surface area contributed by atoms with E-state index in [-0.39, 0.29) is 23.5 Å². The molecule has 3 rings (SSSR count). The number of hydrogen-bond donors (Lipinski definition) is 1. The van der Waals surface area contributed by atoms with E-state index in [0.717, 1.165) is 0 Å². The number of benzene rings is 3. The molecule has 1 N–H and O–H groups in total. The molecule has 0 saturated heterocycles. The third-order valence-corrected chi connectivity index (χ3v) is 4.20. The number of nitrogens with zero attached hydrogens (tertiary/aromatic N) is 3. The number of nitrogens with one attached hydrogen (secondary N) is 1. The lowest BCUT2D eigenvalue weighted by atomic mass is 10.2. The smallest absolute Gasteiger partial charge is 0.276 e. The van der Waals surface area contributed by atoms with E-state index in [2.05, 4.69) is 10.5 Å². The van der Waals surface area contributed by atoms with E-state index in [4.69, 9.17) is 4.74 Å². The molecule has 3 aromatic rings. The predicted molar refractivity (Wildman–Crippen MR) is 112 cm³/mol. The first kappa shape index (κ1) is 21.1. The second-order valence-electron chi connectivity index (χ2n) is 6.22. The lowest BCUT2D eigenvalue weighted by Gasteiger charge is -2.09. The van der Waals surface area contributed by atoms with Crippen LogP contribution in [-0.2, 0) is 6.61 Å². The summed E-state index contributed by atoms with van der Waals surface area (Å²) in [7, 11) is 0.